The number of rotatable bonds is 2. The van der Waals surface area contributed by atoms with Gasteiger partial charge in [0.15, 0.2) is 0 Å². The van der Waals surface area contributed by atoms with Crippen molar-refractivity contribution in [1.82, 2.24) is 0 Å². The first kappa shape index (κ1) is 22.5. The second-order valence-electron chi connectivity index (χ2n) is 1.14. The average molecular weight is 350 g/mol. The van der Waals surface area contributed by atoms with E-state index < -0.39 is 5.97 Å². The van der Waals surface area contributed by atoms with Gasteiger partial charge >= 0.3 is 54.9 Å². The van der Waals surface area contributed by atoms with Gasteiger partial charge < -0.3 is 7.96 Å². The van der Waals surface area contributed by atoms with E-state index in [0.717, 1.165) is 6.42 Å². The predicted molar refractivity (Wildman–Crippen MR) is 30.5 cm³/mol. The number of carboxylic acids is 1. The summed E-state index contributed by atoms with van der Waals surface area (Å²) < 4.78 is 0. The van der Waals surface area contributed by atoms with Gasteiger partial charge in [-0.25, -0.2) is 0 Å². The monoisotopic (exact) mass is 349 g/mol. The van der Waals surface area contributed by atoms with Crippen LogP contribution in [-0.4, -0.2) is 60.0 Å². The van der Waals surface area contributed by atoms with Gasteiger partial charge in [0.05, 0.1) is 0 Å². The molecule has 5 heteroatoms. The molecule has 0 saturated heterocycles. The van der Waals surface area contributed by atoms with Gasteiger partial charge in [-0.2, -0.15) is 0 Å². The molecule has 0 spiro atoms. The molecule has 0 bridgehead atoms. The van der Waals surface area contributed by atoms with Crippen molar-refractivity contribution in [1.29, 1.82) is 0 Å². The normalized spacial score (nSPS) is 5.44. The quantitative estimate of drug-likeness (QED) is 0.746. The first-order valence-electron chi connectivity index (χ1n) is 1.99. The van der Waals surface area contributed by atoms with Crippen LogP contribution < -0.4 is 0 Å². The van der Waals surface area contributed by atoms with Gasteiger partial charge in [-0.05, 0) is 6.42 Å². The number of aliphatic carboxylic acids is 1. The molecule has 0 rings (SSSR count). The van der Waals surface area contributed by atoms with Crippen LogP contribution in [0.4, 0.5) is 0 Å². The van der Waals surface area contributed by atoms with Crippen LogP contribution in [0.1, 0.15) is 22.6 Å². The Labute approximate surface area is 119 Å². The third-order valence-electron chi connectivity index (χ3n) is 0.464. The van der Waals surface area contributed by atoms with Gasteiger partial charge in [-0.1, -0.05) is 6.92 Å². The molecule has 0 heterocycles. The number of carbonyl (C=O) groups is 1. The Balaban J connectivity index is -0.0000000125. The summed E-state index contributed by atoms with van der Waals surface area (Å²) in [5, 5.41) is 7.91. The summed E-state index contributed by atoms with van der Waals surface area (Å²) in [5.41, 5.74) is 0. The van der Waals surface area contributed by atoms with Crippen LogP contribution >= 0.6 is 0 Å². The molecular weight excluding hydrogens is 340 g/mol. The molecule has 0 amide bonds. The Bertz CT molecular complexity index is 70.1. The van der Waals surface area contributed by atoms with Crippen LogP contribution in [0.2, 0.25) is 0 Å². The first-order chi connectivity index (χ1) is 2.77. The second-order valence-corrected chi connectivity index (χ2v) is 1.14. The van der Waals surface area contributed by atoms with Crippen LogP contribution in [0.5, 0.6) is 0 Å². The fourth-order valence-corrected chi connectivity index (χ4v) is 0.214. The van der Waals surface area contributed by atoms with Crippen molar-refractivity contribution in [3.8, 4) is 0 Å². The zero-order chi connectivity index (χ0) is 4.99. The number of carboxylic acid groups (broad SMARTS) is 1. The molecule has 0 fully saturated rings. The Morgan fingerprint density at radius 2 is 2.00 bits per heavy atom. The van der Waals surface area contributed by atoms with E-state index in [4.69, 9.17) is 5.11 Å². The molecule has 0 atom stereocenters. The minimum absolute atomic E-state index is 0. The minimum Gasteiger partial charge on any atom is -1.00 e. The summed E-state index contributed by atoms with van der Waals surface area (Å²) in [4.78, 5) is 9.60. The molecule has 0 aliphatic rings. The van der Waals surface area contributed by atoms with E-state index in [2.05, 4.69) is 0 Å². The minimum atomic E-state index is -0.711. The van der Waals surface area contributed by atoms with Crippen LogP contribution in [0.15, 0.2) is 0 Å². The summed E-state index contributed by atoms with van der Waals surface area (Å²) in [6.45, 7) is 1.84. The van der Waals surface area contributed by atoms with Gasteiger partial charge in [0.25, 0.3) is 0 Å². The summed E-state index contributed by atoms with van der Waals surface area (Å²) >= 11 is 0. The van der Waals surface area contributed by atoms with E-state index >= 15 is 0 Å². The largest absolute Gasteiger partial charge is 2.00 e. The van der Waals surface area contributed by atoms with E-state index in [1.165, 1.54) is 0 Å². The topological polar surface area (TPSA) is 37.3 Å². The van der Waals surface area contributed by atoms with Gasteiger partial charge in [0.2, 0.25) is 0 Å². The fraction of sp³-hybridized carbons (Fsp3) is 0.750. The fourth-order valence-electron chi connectivity index (χ4n) is 0.214. The van der Waals surface area contributed by atoms with Crippen molar-refractivity contribution in [3.05, 3.63) is 0 Å². The van der Waals surface area contributed by atoms with Crippen molar-refractivity contribution >= 4 is 54.9 Å². The molecule has 0 saturated carbocycles. The van der Waals surface area contributed by atoms with Crippen molar-refractivity contribution in [3.63, 3.8) is 0 Å². The van der Waals surface area contributed by atoms with Crippen molar-refractivity contribution in [2.75, 3.05) is 0 Å². The average Bonchev–Trinajstić information content (AvgIpc) is 1.35. The maximum atomic E-state index is 9.60. The summed E-state index contributed by atoms with van der Waals surface area (Å²) in [6.07, 6.45) is 1.02. The molecule has 61 valence electrons. The first-order valence-corrected chi connectivity index (χ1v) is 1.99. The van der Waals surface area contributed by atoms with Crippen molar-refractivity contribution in [2.24, 2.45) is 0 Å². The van der Waals surface area contributed by atoms with Gasteiger partial charge in [-0.15, -0.1) is 0 Å². The molecule has 0 unspecified atom stereocenters. The molecule has 1 N–H and O–H groups in total. The van der Waals surface area contributed by atoms with E-state index in [9.17, 15) is 4.79 Å². The van der Waals surface area contributed by atoms with Gasteiger partial charge in [-0.3, -0.25) is 4.79 Å². The standard InChI is InChI=1S/C4H8O2.Ba.Cu.Ni.2H/c1-2-3-4(5)6;;;;;/h2-3H2,1H3,(H,5,6);;;;;/q;+2;;;2*-1. The Morgan fingerprint density at radius 1 is 1.67 bits per heavy atom. The summed E-state index contributed by atoms with van der Waals surface area (Å²) in [5.74, 6) is -0.711. The molecule has 1 radical (unpaired) electrons. The van der Waals surface area contributed by atoms with Crippen LogP contribution in [0.25, 0.3) is 0 Å². The molecule has 0 aliphatic carbocycles. The number of hydrogen-bond acceptors (Lipinski definition) is 1. The molecule has 0 aromatic heterocycles. The second kappa shape index (κ2) is 16.6. The predicted octanol–water partition coefficient (Wildman–Crippen LogP) is 0.710. The Hall–Kier alpha value is 2.05. The molecule has 0 aromatic rings. The van der Waals surface area contributed by atoms with E-state index in [0.29, 0.717) is 6.42 Å². The summed E-state index contributed by atoms with van der Waals surface area (Å²) in [6, 6.07) is 0. The molecular formula is C4H10BaCuNiO2. The maximum absolute atomic E-state index is 9.60. The Morgan fingerprint density at radius 3 is 2.00 bits per heavy atom. The molecule has 9 heavy (non-hydrogen) atoms. The summed E-state index contributed by atoms with van der Waals surface area (Å²) in [7, 11) is 0. The Kier molecular flexibility index (Phi) is 41.3. The molecule has 0 aliphatic heterocycles. The molecule has 2 nitrogen and oxygen atoms in total. The van der Waals surface area contributed by atoms with Gasteiger partial charge in [0.1, 0.15) is 0 Å². The van der Waals surface area contributed by atoms with Crippen LogP contribution in [0, 0.1) is 0 Å². The van der Waals surface area contributed by atoms with Gasteiger partial charge in [0, 0.05) is 40.0 Å². The van der Waals surface area contributed by atoms with Crippen molar-refractivity contribution < 1.29 is 46.3 Å². The maximum Gasteiger partial charge on any atom is 2.00 e. The van der Waals surface area contributed by atoms with E-state index in [1.807, 2.05) is 6.92 Å². The third kappa shape index (κ3) is 25.5. The van der Waals surface area contributed by atoms with Crippen molar-refractivity contribution in [2.45, 2.75) is 19.8 Å². The van der Waals surface area contributed by atoms with Crippen LogP contribution in [0.3, 0.4) is 0 Å². The smallest absolute Gasteiger partial charge is 1.00 e. The SMILES string of the molecule is CCCC(=O)O.[Ba+2].[Cu].[H-].[H-].[Ni]. The zero-order valence-electron chi connectivity index (χ0n) is 7.09. The van der Waals surface area contributed by atoms with Crippen LogP contribution in [-0.2, 0) is 38.4 Å². The van der Waals surface area contributed by atoms with E-state index in [1.54, 1.807) is 0 Å². The third-order valence-corrected chi connectivity index (χ3v) is 0.464. The number of hydrogen-bond donors (Lipinski definition) is 1. The molecule has 0 aromatic carbocycles. The zero-order valence-corrected chi connectivity index (χ0v) is 11.5. The van der Waals surface area contributed by atoms with E-state index in [-0.39, 0.29) is 85.3 Å².